The monoisotopic (exact) mass is 182 g/mol. The van der Waals surface area contributed by atoms with E-state index in [0.29, 0.717) is 0 Å². The molecule has 0 fully saturated rings. The average Bonchev–Trinajstić information content (AvgIpc) is 2.05. The first-order chi connectivity index (χ1) is 5.75. The van der Waals surface area contributed by atoms with Gasteiger partial charge in [-0.2, -0.15) is 0 Å². The summed E-state index contributed by atoms with van der Waals surface area (Å²) in [5, 5.41) is 0. The lowest BCUT2D eigenvalue weighted by Gasteiger charge is -2.18. The molecule has 0 saturated heterocycles. The number of thioether (sulfide) groups is 1. The summed E-state index contributed by atoms with van der Waals surface area (Å²) in [6.45, 7) is 6.81. The van der Waals surface area contributed by atoms with E-state index in [0.717, 1.165) is 5.92 Å². The zero-order chi connectivity index (χ0) is 8.97. The lowest BCUT2D eigenvalue weighted by atomic mass is 9.95. The molecule has 0 amide bonds. The molecule has 0 unspecified atom stereocenters. The normalized spacial score (nSPS) is 17.7. The van der Waals surface area contributed by atoms with Crippen LogP contribution in [0.5, 0.6) is 0 Å². The van der Waals surface area contributed by atoms with E-state index in [1.54, 1.807) is 5.57 Å². The SMILES string of the molecule is CCSC1=C(C(C)C)CCC=C1. The van der Waals surface area contributed by atoms with E-state index in [1.807, 2.05) is 11.8 Å². The molecule has 0 aromatic heterocycles. The molecule has 0 N–H and O–H groups in total. The molecule has 0 saturated carbocycles. The maximum absolute atomic E-state index is 2.30. The quantitative estimate of drug-likeness (QED) is 0.635. The van der Waals surface area contributed by atoms with Crippen molar-refractivity contribution in [3.63, 3.8) is 0 Å². The smallest absolute Gasteiger partial charge is 0.00633 e. The van der Waals surface area contributed by atoms with Crippen LogP contribution in [0.25, 0.3) is 0 Å². The Hall–Kier alpha value is -0.170. The second-order valence-corrected chi connectivity index (χ2v) is 4.72. The van der Waals surface area contributed by atoms with Crippen LogP contribution in [-0.2, 0) is 0 Å². The van der Waals surface area contributed by atoms with E-state index in [2.05, 4.69) is 32.9 Å². The van der Waals surface area contributed by atoms with Crippen LogP contribution in [0.4, 0.5) is 0 Å². The fourth-order valence-corrected chi connectivity index (χ4v) is 2.56. The Kier molecular flexibility index (Phi) is 3.93. The van der Waals surface area contributed by atoms with Gasteiger partial charge in [0.15, 0.2) is 0 Å². The molecule has 0 aromatic carbocycles. The van der Waals surface area contributed by atoms with E-state index in [1.165, 1.54) is 23.5 Å². The van der Waals surface area contributed by atoms with Gasteiger partial charge in [-0.1, -0.05) is 38.5 Å². The Morgan fingerprint density at radius 3 is 2.83 bits per heavy atom. The van der Waals surface area contributed by atoms with Crippen molar-refractivity contribution in [2.45, 2.75) is 33.6 Å². The molecule has 0 spiro atoms. The van der Waals surface area contributed by atoms with Gasteiger partial charge in [-0.25, -0.2) is 0 Å². The molecule has 0 aliphatic heterocycles. The van der Waals surface area contributed by atoms with Gasteiger partial charge in [-0.3, -0.25) is 0 Å². The van der Waals surface area contributed by atoms with E-state index in [-0.39, 0.29) is 0 Å². The summed E-state index contributed by atoms with van der Waals surface area (Å²) >= 11 is 1.98. The highest BCUT2D eigenvalue weighted by molar-refractivity contribution is 8.03. The summed E-state index contributed by atoms with van der Waals surface area (Å²) in [5.74, 6) is 1.92. The van der Waals surface area contributed by atoms with Crippen LogP contribution in [0.1, 0.15) is 33.6 Å². The minimum absolute atomic E-state index is 0.726. The average molecular weight is 182 g/mol. The topological polar surface area (TPSA) is 0 Å². The summed E-state index contributed by atoms with van der Waals surface area (Å²) in [6.07, 6.45) is 7.11. The highest BCUT2D eigenvalue weighted by atomic mass is 32.2. The first kappa shape index (κ1) is 9.91. The van der Waals surface area contributed by atoms with Crippen molar-refractivity contribution < 1.29 is 0 Å². The van der Waals surface area contributed by atoms with E-state index < -0.39 is 0 Å². The van der Waals surface area contributed by atoms with Crippen LogP contribution in [-0.4, -0.2) is 5.75 Å². The third-order valence-electron chi connectivity index (χ3n) is 2.16. The highest BCUT2D eigenvalue weighted by Crippen LogP contribution is 2.32. The summed E-state index contributed by atoms with van der Waals surface area (Å²) in [5.41, 5.74) is 1.66. The molecule has 1 heteroatoms. The maximum atomic E-state index is 2.30. The standard InChI is InChI=1S/C11H18S/c1-4-12-11-8-6-5-7-10(11)9(2)3/h6,8-9H,4-5,7H2,1-3H3. The van der Waals surface area contributed by atoms with Crippen molar-refractivity contribution in [3.8, 4) is 0 Å². The van der Waals surface area contributed by atoms with E-state index in [9.17, 15) is 0 Å². The van der Waals surface area contributed by atoms with Crippen molar-refractivity contribution in [1.82, 2.24) is 0 Å². The summed E-state index contributed by atoms with van der Waals surface area (Å²) in [7, 11) is 0. The van der Waals surface area contributed by atoms with Crippen LogP contribution in [0.3, 0.4) is 0 Å². The molecule has 1 aliphatic rings. The number of hydrogen-bond donors (Lipinski definition) is 0. The molecule has 0 atom stereocenters. The molecule has 0 radical (unpaired) electrons. The summed E-state index contributed by atoms with van der Waals surface area (Å²) in [6, 6.07) is 0. The predicted molar refractivity (Wildman–Crippen MR) is 58.4 cm³/mol. The molecule has 68 valence electrons. The molecule has 0 heterocycles. The van der Waals surface area contributed by atoms with Gasteiger partial charge in [0.05, 0.1) is 0 Å². The van der Waals surface area contributed by atoms with Gasteiger partial charge >= 0.3 is 0 Å². The Morgan fingerprint density at radius 1 is 1.50 bits per heavy atom. The summed E-state index contributed by atoms with van der Waals surface area (Å²) in [4.78, 5) is 1.53. The van der Waals surface area contributed by atoms with E-state index >= 15 is 0 Å². The molecule has 0 aromatic rings. The maximum Gasteiger partial charge on any atom is 0.00633 e. The number of allylic oxidation sites excluding steroid dienone is 3. The molecular formula is C11H18S. The second-order valence-electron chi connectivity index (χ2n) is 3.42. The number of hydrogen-bond acceptors (Lipinski definition) is 1. The Morgan fingerprint density at radius 2 is 2.25 bits per heavy atom. The fraction of sp³-hybridized carbons (Fsp3) is 0.636. The highest BCUT2D eigenvalue weighted by Gasteiger charge is 2.10. The zero-order valence-electron chi connectivity index (χ0n) is 8.26. The van der Waals surface area contributed by atoms with Gasteiger partial charge in [0, 0.05) is 4.91 Å². The van der Waals surface area contributed by atoms with Gasteiger partial charge in [0.1, 0.15) is 0 Å². The second kappa shape index (κ2) is 4.76. The molecule has 12 heavy (non-hydrogen) atoms. The van der Waals surface area contributed by atoms with E-state index in [4.69, 9.17) is 0 Å². The molecular weight excluding hydrogens is 164 g/mol. The van der Waals surface area contributed by atoms with Crippen molar-refractivity contribution in [2.24, 2.45) is 5.92 Å². The largest absolute Gasteiger partial charge is 0.127 e. The van der Waals surface area contributed by atoms with Gasteiger partial charge in [0.25, 0.3) is 0 Å². The Labute approximate surface area is 80.1 Å². The van der Waals surface area contributed by atoms with Crippen LogP contribution in [0, 0.1) is 5.92 Å². The van der Waals surface area contributed by atoms with Crippen molar-refractivity contribution >= 4 is 11.8 Å². The van der Waals surface area contributed by atoms with Crippen molar-refractivity contribution in [3.05, 3.63) is 22.6 Å². The first-order valence-electron chi connectivity index (χ1n) is 4.78. The lowest BCUT2D eigenvalue weighted by Crippen LogP contribution is -2.00. The van der Waals surface area contributed by atoms with Gasteiger partial charge in [-0.05, 0) is 24.5 Å². The molecule has 1 aliphatic carbocycles. The zero-order valence-corrected chi connectivity index (χ0v) is 9.08. The molecule has 0 nitrogen and oxygen atoms in total. The van der Waals surface area contributed by atoms with Crippen molar-refractivity contribution in [1.29, 1.82) is 0 Å². The Balaban J connectivity index is 2.76. The van der Waals surface area contributed by atoms with Crippen LogP contribution in [0.15, 0.2) is 22.6 Å². The van der Waals surface area contributed by atoms with Gasteiger partial charge in [-0.15, -0.1) is 11.8 Å². The number of rotatable bonds is 3. The van der Waals surface area contributed by atoms with Gasteiger partial charge in [0.2, 0.25) is 0 Å². The minimum atomic E-state index is 0.726. The van der Waals surface area contributed by atoms with Crippen LogP contribution < -0.4 is 0 Å². The third kappa shape index (κ3) is 2.41. The third-order valence-corrected chi connectivity index (χ3v) is 3.16. The lowest BCUT2D eigenvalue weighted by molar-refractivity contribution is 0.707. The minimum Gasteiger partial charge on any atom is -0.127 e. The summed E-state index contributed by atoms with van der Waals surface area (Å²) < 4.78 is 0. The Bertz CT molecular complexity index is 199. The molecule has 1 rings (SSSR count). The van der Waals surface area contributed by atoms with Crippen LogP contribution in [0.2, 0.25) is 0 Å². The van der Waals surface area contributed by atoms with Gasteiger partial charge < -0.3 is 0 Å². The molecule has 0 bridgehead atoms. The van der Waals surface area contributed by atoms with Crippen LogP contribution >= 0.6 is 11.8 Å². The fourth-order valence-electron chi connectivity index (χ4n) is 1.53. The first-order valence-corrected chi connectivity index (χ1v) is 5.76. The predicted octanol–water partition coefficient (Wildman–Crippen LogP) is 4.00. The van der Waals surface area contributed by atoms with Crippen molar-refractivity contribution in [2.75, 3.05) is 5.75 Å².